The van der Waals surface area contributed by atoms with Crippen molar-refractivity contribution in [1.82, 2.24) is 0 Å². The van der Waals surface area contributed by atoms with Crippen LogP contribution in [0.1, 0.15) is 16.7 Å². The van der Waals surface area contributed by atoms with Gasteiger partial charge in [0.25, 0.3) is 0 Å². The van der Waals surface area contributed by atoms with E-state index in [1.165, 1.54) is 27.8 Å². The van der Waals surface area contributed by atoms with Crippen LogP contribution in [0.15, 0.2) is 36.4 Å². The first-order valence-electron chi connectivity index (χ1n) is 5.39. The van der Waals surface area contributed by atoms with Crippen molar-refractivity contribution in [3.05, 3.63) is 53.1 Å². The number of aryl methyl sites for hydroxylation is 3. The average molecular weight is 327 g/mol. The fourth-order valence-electron chi connectivity index (χ4n) is 2.03. The van der Waals surface area contributed by atoms with Crippen molar-refractivity contribution in [2.24, 2.45) is 0 Å². The molecule has 0 aliphatic rings. The normalized spacial score (nSPS) is 10.5. The van der Waals surface area contributed by atoms with Gasteiger partial charge in [-0.25, -0.2) is 0 Å². The summed E-state index contributed by atoms with van der Waals surface area (Å²) < 4.78 is 1.26. The van der Waals surface area contributed by atoms with Gasteiger partial charge in [-0.1, -0.05) is 0 Å². The summed E-state index contributed by atoms with van der Waals surface area (Å²) in [5.41, 5.74) is 6.57. The van der Waals surface area contributed by atoms with E-state index in [-0.39, 0.29) is 0 Å². The molecule has 0 spiro atoms. The van der Waals surface area contributed by atoms with E-state index in [2.05, 4.69) is 104 Å². The van der Waals surface area contributed by atoms with Crippen LogP contribution >= 0.6 is 0 Å². The van der Waals surface area contributed by atoms with Crippen molar-refractivity contribution in [2.45, 2.75) is 20.8 Å². The Morgan fingerprint density at radius 3 is 1.56 bits per heavy atom. The molecule has 0 bridgehead atoms. The first-order valence-corrected chi connectivity index (χ1v) is 6.40. The molecule has 0 unspecified atom stereocenters. The maximum absolute atomic E-state index is 2.67. The number of benzene rings is 2. The van der Waals surface area contributed by atoms with Crippen LogP contribution in [0.3, 0.4) is 0 Å². The van der Waals surface area contributed by atoms with E-state index in [9.17, 15) is 0 Å². The number of rotatable bonds is 1. The van der Waals surface area contributed by atoms with E-state index in [1.54, 1.807) is 0 Å². The monoisotopic (exact) mass is 327 g/mol. The molecular formula is C15H15Xe. The third-order valence-electron chi connectivity index (χ3n) is 2.59. The van der Waals surface area contributed by atoms with Gasteiger partial charge in [0, 0.05) is 0 Å². The third kappa shape index (κ3) is 3.02. The molecular weight excluding hydrogens is 311 g/mol. The van der Waals surface area contributed by atoms with Gasteiger partial charge in [-0.2, -0.15) is 0 Å². The molecule has 0 atom stereocenters. The Labute approximate surface area is 130 Å². The summed E-state index contributed by atoms with van der Waals surface area (Å²) in [6, 6.07) is 13.3. The van der Waals surface area contributed by atoms with Crippen LogP contribution in [0.5, 0.6) is 0 Å². The molecule has 16 heavy (non-hydrogen) atoms. The van der Waals surface area contributed by atoms with Crippen LogP contribution in [-0.2, 0) is 0 Å². The standard InChI is InChI=1S/C15H15Xe/c1-10-4-11(2)6-13(5-10)14-7-12(3)8-15(16)9-14/h4-9H,1-3H3. The molecule has 83 valence electrons. The van der Waals surface area contributed by atoms with Crippen molar-refractivity contribution in [1.29, 1.82) is 0 Å². The van der Waals surface area contributed by atoms with E-state index in [0.29, 0.717) is 0 Å². The molecule has 2 aromatic rings. The van der Waals surface area contributed by atoms with Crippen LogP contribution in [0.4, 0.5) is 0 Å². The van der Waals surface area contributed by atoms with Crippen LogP contribution < -0.4 is 0.0314 Å². The first-order chi connectivity index (χ1) is 7.54. The molecule has 0 amide bonds. The van der Waals surface area contributed by atoms with Gasteiger partial charge in [-0.3, -0.25) is 0 Å². The molecule has 0 aromatic heterocycles. The summed E-state index contributed by atoms with van der Waals surface area (Å²) in [6.07, 6.45) is 0. The fraction of sp³-hybridized carbons (Fsp3) is 0.200. The zero-order chi connectivity index (χ0) is 11.7. The Bertz CT molecular complexity index is 437. The summed E-state index contributed by atoms with van der Waals surface area (Å²) in [7, 11) is 0. The first kappa shape index (κ1) is 12.5. The minimum absolute atomic E-state index is 1.26. The van der Waals surface area contributed by atoms with E-state index in [4.69, 9.17) is 0 Å². The second-order valence-corrected chi connectivity index (χ2v) is 5.54. The van der Waals surface area contributed by atoms with Gasteiger partial charge in [0.05, 0.1) is 0 Å². The molecule has 0 aliphatic heterocycles. The predicted octanol–water partition coefficient (Wildman–Crippen LogP) is 3.45. The molecule has 0 N–H and O–H groups in total. The third-order valence-corrected chi connectivity index (χ3v) is 3.17. The van der Waals surface area contributed by atoms with Gasteiger partial charge in [0.1, 0.15) is 0 Å². The van der Waals surface area contributed by atoms with Gasteiger partial charge >= 0.3 is 132 Å². The molecule has 2 aromatic carbocycles. The molecule has 2 rings (SSSR count). The zero-order valence-corrected chi connectivity index (χ0v) is 11.8. The molecule has 0 saturated heterocycles. The Kier molecular flexibility index (Phi) is 3.98. The molecule has 0 heterocycles. The summed E-state index contributed by atoms with van der Waals surface area (Å²) in [5, 5.41) is 0. The van der Waals surface area contributed by atoms with Crippen molar-refractivity contribution in [3.63, 3.8) is 0 Å². The zero-order valence-electron chi connectivity index (χ0n) is 9.82. The van der Waals surface area contributed by atoms with Crippen molar-refractivity contribution in [3.8, 4) is 11.1 Å². The Hall–Kier alpha value is 0.0114. The molecule has 1 radical (unpaired) electrons. The predicted molar refractivity (Wildman–Crippen MR) is 65.7 cm³/mol. The number of hydrogen-bond acceptors (Lipinski definition) is 0. The summed E-state index contributed by atoms with van der Waals surface area (Å²) in [4.78, 5) is 0. The van der Waals surface area contributed by atoms with Gasteiger partial charge in [-0.05, 0) is 0 Å². The molecule has 0 saturated carbocycles. The molecule has 1 heteroatoms. The Morgan fingerprint density at radius 2 is 1.06 bits per heavy atom. The maximum atomic E-state index is 2.67. The topological polar surface area (TPSA) is 0 Å². The Morgan fingerprint density at radius 1 is 0.625 bits per heavy atom. The molecule has 0 aliphatic carbocycles. The van der Waals surface area contributed by atoms with Crippen molar-refractivity contribution in [2.75, 3.05) is 0 Å². The SMILES string of the molecule is Cc1cc(C)cc(-c2cc(C)cc([Xe])c2)c1. The second kappa shape index (κ2) is 5.11. The average Bonchev–Trinajstić information content (AvgIpc) is 2.14. The summed E-state index contributed by atoms with van der Waals surface area (Å²) in [6.45, 7) is 6.44. The van der Waals surface area contributed by atoms with Gasteiger partial charge < -0.3 is 0 Å². The van der Waals surface area contributed by atoms with Gasteiger partial charge in [0.15, 0.2) is 0 Å². The Balaban J connectivity index is 2.57. The van der Waals surface area contributed by atoms with Crippen LogP contribution in [0.25, 0.3) is 11.1 Å². The minimum atomic E-state index is 1.26. The quantitative estimate of drug-likeness (QED) is 0.753. The van der Waals surface area contributed by atoms with Crippen LogP contribution in [0.2, 0.25) is 0 Å². The van der Waals surface area contributed by atoms with E-state index < -0.39 is 0 Å². The van der Waals surface area contributed by atoms with Gasteiger partial charge in [-0.15, -0.1) is 0 Å². The molecule has 0 nitrogen and oxygen atoms in total. The molecule has 0 fully saturated rings. The van der Waals surface area contributed by atoms with Crippen molar-refractivity contribution < 1.29 is 46.5 Å². The van der Waals surface area contributed by atoms with Crippen molar-refractivity contribution >= 4 is 0.0314 Å². The second-order valence-electron chi connectivity index (χ2n) is 4.38. The number of hydrogen-bond donors (Lipinski definition) is 0. The summed E-state index contributed by atoms with van der Waals surface area (Å²) >= 11 is 2.67. The van der Waals surface area contributed by atoms with E-state index >= 15 is 0 Å². The van der Waals surface area contributed by atoms with Crippen LogP contribution in [0, 0.1) is 67.3 Å². The van der Waals surface area contributed by atoms with E-state index in [1.807, 2.05) is 0 Å². The fourth-order valence-corrected chi connectivity index (χ4v) is 2.81. The van der Waals surface area contributed by atoms with E-state index in [0.717, 1.165) is 0 Å². The van der Waals surface area contributed by atoms with Crippen LogP contribution in [-0.4, -0.2) is 0 Å². The summed E-state index contributed by atoms with van der Waals surface area (Å²) in [5.74, 6) is 0. The van der Waals surface area contributed by atoms with Gasteiger partial charge in [0.2, 0.25) is 0 Å².